The van der Waals surface area contributed by atoms with Gasteiger partial charge in [0.05, 0.1) is 61.5 Å². The number of aryl methyl sites for hydroxylation is 1. The van der Waals surface area contributed by atoms with Gasteiger partial charge in [0, 0.05) is 56.8 Å². The summed E-state index contributed by atoms with van der Waals surface area (Å²) in [5.41, 5.74) is 2.25. The highest BCUT2D eigenvalue weighted by molar-refractivity contribution is 6.33. The minimum absolute atomic E-state index is 0.0493. The molecule has 3 aliphatic heterocycles. The number of anilines is 3. The number of hydrogen-bond acceptors (Lipinski definition) is 16. The molecule has 5 aromatic rings. The molecule has 3 aromatic heterocycles. The molecule has 0 radical (unpaired) electrons. The molecule has 0 bridgehead atoms. The molecular weight excluding hydrogens is 866 g/mol. The number of rotatable bonds is 18. The summed E-state index contributed by atoms with van der Waals surface area (Å²) in [7, 11) is 3.14. The van der Waals surface area contributed by atoms with Crippen LogP contribution in [-0.2, 0) is 37.4 Å². The Balaban J connectivity index is 0.737. The maximum absolute atomic E-state index is 13.0. The molecule has 8 rings (SSSR count). The van der Waals surface area contributed by atoms with E-state index in [1.807, 2.05) is 24.4 Å². The average molecular weight is 912 g/mol. The van der Waals surface area contributed by atoms with Gasteiger partial charge in [0.25, 0.3) is 23.3 Å². The normalized spacial score (nSPS) is 16.5. The highest BCUT2D eigenvalue weighted by Gasteiger charge is 2.44. The van der Waals surface area contributed by atoms with Crippen molar-refractivity contribution in [3.05, 3.63) is 87.1 Å². The summed E-state index contributed by atoms with van der Waals surface area (Å²) in [4.78, 5) is 86.5. The van der Waals surface area contributed by atoms with E-state index < -0.39 is 29.7 Å². The molecule has 3 aliphatic rings. The number of likely N-dealkylation sites (N-methyl/N-ethyl adjacent to an activating group) is 1. The van der Waals surface area contributed by atoms with Crippen molar-refractivity contribution in [1.82, 2.24) is 45.1 Å². The fourth-order valence-electron chi connectivity index (χ4n) is 7.81. The zero-order valence-electron chi connectivity index (χ0n) is 35.6. The molecule has 2 fully saturated rings. The molecule has 1 unspecified atom stereocenters. The maximum atomic E-state index is 13.0. The number of nitrogens with zero attached hydrogens (tertiary/aromatic N) is 8. The Hall–Kier alpha value is -6.97. The minimum Gasteiger partial charge on any atom is -0.491 e. The summed E-state index contributed by atoms with van der Waals surface area (Å²) in [6, 6.07) is 10.6. The number of carbonyl (C=O) groups is 5. The second-order valence-corrected chi connectivity index (χ2v) is 15.9. The van der Waals surface area contributed by atoms with E-state index in [2.05, 4.69) is 36.1 Å². The Morgan fingerprint density at radius 3 is 2.46 bits per heavy atom. The van der Waals surface area contributed by atoms with Gasteiger partial charge in [-0.3, -0.25) is 39.0 Å². The van der Waals surface area contributed by atoms with E-state index in [0.717, 1.165) is 23.4 Å². The SMILES string of the molecule is CNC(=O)COc1cc2cc(Nc3nc(N4CCC(c5cn(CCOCCOCCOc6ccc7c(c6)C(=O)N(C6CCC(=O)NC6=O)C7=O)nn5)CC4)ncc3Cl)ccc2n(C)c1=O. The number of halogens is 1. The van der Waals surface area contributed by atoms with Crippen LogP contribution in [0.4, 0.5) is 17.5 Å². The van der Waals surface area contributed by atoms with Crippen molar-refractivity contribution < 1.29 is 42.9 Å². The van der Waals surface area contributed by atoms with Gasteiger partial charge in [-0.25, -0.2) is 9.67 Å². The van der Waals surface area contributed by atoms with Crippen LogP contribution in [0.1, 0.15) is 58.0 Å². The van der Waals surface area contributed by atoms with Crippen LogP contribution in [-0.4, -0.2) is 130 Å². The van der Waals surface area contributed by atoms with Gasteiger partial charge in [-0.15, -0.1) is 5.10 Å². The Morgan fingerprint density at radius 1 is 0.908 bits per heavy atom. The van der Waals surface area contributed by atoms with Crippen LogP contribution in [0, 0.1) is 0 Å². The number of piperidine rings is 2. The fraction of sp³-hybridized carbons (Fsp3) is 0.395. The third-order valence-electron chi connectivity index (χ3n) is 11.3. The second kappa shape index (κ2) is 19.8. The summed E-state index contributed by atoms with van der Waals surface area (Å²) in [6.45, 7) is 3.22. The summed E-state index contributed by atoms with van der Waals surface area (Å²) in [5.74, 6) is -0.990. The van der Waals surface area contributed by atoms with Crippen LogP contribution >= 0.6 is 11.6 Å². The number of hydrogen-bond donors (Lipinski definition) is 3. The molecule has 2 saturated heterocycles. The highest BCUT2D eigenvalue weighted by atomic mass is 35.5. The van der Waals surface area contributed by atoms with Crippen LogP contribution in [0.25, 0.3) is 10.9 Å². The molecule has 2 aromatic carbocycles. The Morgan fingerprint density at radius 2 is 1.68 bits per heavy atom. The molecule has 1 atom stereocenters. The predicted molar refractivity (Wildman–Crippen MR) is 234 cm³/mol. The average Bonchev–Trinajstić information content (AvgIpc) is 3.88. The van der Waals surface area contributed by atoms with Gasteiger partial charge in [0.15, 0.2) is 18.2 Å². The van der Waals surface area contributed by atoms with E-state index in [4.69, 9.17) is 35.5 Å². The summed E-state index contributed by atoms with van der Waals surface area (Å²) in [5, 5.41) is 17.7. The van der Waals surface area contributed by atoms with Crippen LogP contribution in [0.2, 0.25) is 5.02 Å². The first kappa shape index (κ1) is 44.6. The molecule has 21 nitrogen and oxygen atoms in total. The molecule has 0 spiro atoms. The molecule has 340 valence electrons. The molecule has 3 N–H and O–H groups in total. The Labute approximate surface area is 376 Å². The number of carbonyl (C=O) groups excluding carboxylic acids is 5. The highest BCUT2D eigenvalue weighted by Crippen LogP contribution is 2.33. The van der Waals surface area contributed by atoms with E-state index in [1.54, 1.807) is 30.1 Å². The van der Waals surface area contributed by atoms with Crippen LogP contribution in [0.15, 0.2) is 59.7 Å². The van der Waals surface area contributed by atoms with Gasteiger partial charge >= 0.3 is 0 Å². The van der Waals surface area contributed by atoms with Crippen LogP contribution in [0.3, 0.4) is 0 Å². The van der Waals surface area contributed by atoms with Gasteiger partial charge in [0.1, 0.15) is 23.4 Å². The van der Waals surface area contributed by atoms with Crippen molar-refractivity contribution in [3.63, 3.8) is 0 Å². The molecule has 0 saturated carbocycles. The van der Waals surface area contributed by atoms with Crippen molar-refractivity contribution in [1.29, 1.82) is 0 Å². The lowest BCUT2D eigenvalue weighted by molar-refractivity contribution is -0.136. The largest absolute Gasteiger partial charge is 0.491 e. The number of benzene rings is 2. The minimum atomic E-state index is -1.03. The topological polar surface area (TPSA) is 243 Å². The van der Waals surface area contributed by atoms with Gasteiger partial charge in [-0.05, 0) is 61.7 Å². The van der Waals surface area contributed by atoms with Crippen molar-refractivity contribution in [3.8, 4) is 11.5 Å². The summed E-state index contributed by atoms with van der Waals surface area (Å²) < 4.78 is 25.8. The summed E-state index contributed by atoms with van der Waals surface area (Å²) >= 11 is 6.53. The third-order valence-corrected chi connectivity index (χ3v) is 11.6. The molecule has 65 heavy (non-hydrogen) atoms. The molecule has 5 amide bonds. The third kappa shape index (κ3) is 10.1. The van der Waals surface area contributed by atoms with Gasteiger partial charge in [-0.2, -0.15) is 4.98 Å². The van der Waals surface area contributed by atoms with E-state index >= 15 is 0 Å². The van der Waals surface area contributed by atoms with Crippen LogP contribution < -0.4 is 35.9 Å². The van der Waals surface area contributed by atoms with Gasteiger partial charge in [0.2, 0.25) is 17.8 Å². The van der Waals surface area contributed by atoms with E-state index in [9.17, 15) is 28.8 Å². The number of ether oxygens (including phenoxy) is 4. The van der Waals surface area contributed by atoms with Crippen molar-refractivity contribution in [2.24, 2.45) is 7.05 Å². The lowest BCUT2D eigenvalue weighted by Crippen LogP contribution is -2.54. The van der Waals surface area contributed by atoms with Crippen LogP contribution in [0.5, 0.6) is 11.5 Å². The quantitative estimate of drug-likeness (QED) is 0.0844. The first-order valence-electron chi connectivity index (χ1n) is 21.0. The van der Waals surface area contributed by atoms with E-state index in [1.165, 1.54) is 23.7 Å². The fourth-order valence-corrected chi connectivity index (χ4v) is 7.95. The van der Waals surface area contributed by atoms with Gasteiger partial charge in [-0.1, -0.05) is 16.8 Å². The smallest absolute Gasteiger partial charge is 0.293 e. The Bertz CT molecular complexity index is 2700. The predicted octanol–water partition coefficient (Wildman–Crippen LogP) is 2.34. The first-order chi connectivity index (χ1) is 31.5. The second-order valence-electron chi connectivity index (χ2n) is 15.5. The monoisotopic (exact) mass is 911 g/mol. The van der Waals surface area contributed by atoms with Crippen molar-refractivity contribution >= 4 is 69.5 Å². The van der Waals surface area contributed by atoms with Crippen molar-refractivity contribution in [2.75, 3.05) is 70.0 Å². The summed E-state index contributed by atoms with van der Waals surface area (Å²) in [6.07, 6.45) is 5.30. The van der Waals surface area contributed by atoms with E-state index in [0.29, 0.717) is 78.6 Å². The number of pyridine rings is 1. The molecular formula is C43H46ClN11O10. The zero-order chi connectivity index (χ0) is 45.6. The lowest BCUT2D eigenvalue weighted by atomic mass is 9.94. The van der Waals surface area contributed by atoms with Gasteiger partial charge < -0.3 is 39.0 Å². The molecule has 6 heterocycles. The first-order valence-corrected chi connectivity index (χ1v) is 21.4. The maximum Gasteiger partial charge on any atom is 0.293 e. The molecule has 0 aliphatic carbocycles. The number of imide groups is 2. The molecule has 22 heteroatoms. The number of fused-ring (bicyclic) bond motifs is 2. The lowest BCUT2D eigenvalue weighted by Gasteiger charge is -2.31. The van der Waals surface area contributed by atoms with Crippen molar-refractivity contribution in [2.45, 2.75) is 44.2 Å². The Kier molecular flexibility index (Phi) is 13.6. The number of amides is 5. The van der Waals surface area contributed by atoms with E-state index in [-0.39, 0.29) is 66.9 Å². The number of nitrogens with one attached hydrogen (secondary N) is 3. The standard InChI is InChI=1S/C43H46ClN11O10/c1-45-37(57)24-65-35-20-26-19-27(3-6-33(26)52(2)42(35)61)47-38-31(44)22-46-43(49-38)53-11-9-25(10-12-53)32-23-54(51-50-32)13-14-62-15-16-63-17-18-64-28-4-5-29-30(21-28)41(60)55(40(29)59)34-7-8-36(56)48-39(34)58/h3-6,19-23,25,34H,7-18,24H2,1-2H3,(H,45,57)(H,46,47,49)(H,48,56,58). The zero-order valence-corrected chi connectivity index (χ0v) is 36.3. The number of aromatic nitrogens is 6.